The van der Waals surface area contributed by atoms with Crippen LogP contribution in [-0.2, 0) is 10.0 Å². The average molecular weight is 291 g/mol. The molecule has 82 valence electrons. The van der Waals surface area contributed by atoms with E-state index in [0.29, 0.717) is 18.7 Å². The number of pyridine rings is 1. The largest absolute Gasteiger partial charge is 0.268 e. The fourth-order valence-electron chi connectivity index (χ4n) is 1.66. The second kappa shape index (κ2) is 3.75. The highest BCUT2D eigenvalue weighted by molar-refractivity contribution is 9.10. The Balaban J connectivity index is 2.50. The highest BCUT2D eigenvalue weighted by Crippen LogP contribution is 2.28. The molecule has 1 aromatic rings. The molecule has 1 aliphatic rings. The second-order valence-electron chi connectivity index (χ2n) is 3.50. The van der Waals surface area contributed by atoms with Crippen molar-refractivity contribution in [3.63, 3.8) is 0 Å². The van der Waals surface area contributed by atoms with Crippen LogP contribution in [0.4, 0.5) is 5.69 Å². The summed E-state index contributed by atoms with van der Waals surface area (Å²) in [6.07, 6.45) is 2.36. The second-order valence-corrected chi connectivity index (χ2v) is 6.43. The molecule has 6 heteroatoms. The lowest BCUT2D eigenvalue weighted by Gasteiger charge is -2.18. The van der Waals surface area contributed by atoms with Crippen LogP contribution in [0.15, 0.2) is 16.7 Å². The molecule has 0 spiro atoms. The Kier molecular flexibility index (Phi) is 2.72. The molecule has 0 unspecified atom stereocenters. The van der Waals surface area contributed by atoms with Crippen LogP contribution >= 0.6 is 15.9 Å². The van der Waals surface area contributed by atoms with Crippen molar-refractivity contribution < 1.29 is 8.42 Å². The number of anilines is 1. The summed E-state index contributed by atoms with van der Waals surface area (Å²) in [5, 5.41) is 0. The Morgan fingerprint density at radius 1 is 1.53 bits per heavy atom. The Morgan fingerprint density at radius 2 is 2.27 bits per heavy atom. The van der Waals surface area contributed by atoms with Crippen LogP contribution in [0.2, 0.25) is 0 Å². The zero-order valence-electron chi connectivity index (χ0n) is 8.27. The fraction of sp³-hybridized carbons (Fsp3) is 0.444. The molecule has 2 rings (SSSR count). The first-order chi connectivity index (χ1) is 7.00. The van der Waals surface area contributed by atoms with E-state index in [0.717, 1.165) is 10.2 Å². The highest BCUT2D eigenvalue weighted by atomic mass is 79.9. The van der Waals surface area contributed by atoms with Crippen molar-refractivity contribution in [1.29, 1.82) is 0 Å². The van der Waals surface area contributed by atoms with Gasteiger partial charge >= 0.3 is 0 Å². The SMILES string of the molecule is Cc1ncc(Br)cc1N1CCCS1(=O)=O. The van der Waals surface area contributed by atoms with E-state index in [4.69, 9.17) is 0 Å². The van der Waals surface area contributed by atoms with E-state index < -0.39 is 10.0 Å². The monoisotopic (exact) mass is 290 g/mol. The van der Waals surface area contributed by atoms with Crippen molar-refractivity contribution >= 4 is 31.6 Å². The molecule has 0 aromatic carbocycles. The number of aryl methyl sites for hydroxylation is 1. The number of hydrogen-bond acceptors (Lipinski definition) is 3. The summed E-state index contributed by atoms with van der Waals surface area (Å²) in [5.41, 5.74) is 1.42. The molecule has 0 saturated carbocycles. The summed E-state index contributed by atoms with van der Waals surface area (Å²) in [6, 6.07) is 1.80. The van der Waals surface area contributed by atoms with Gasteiger partial charge in [-0.2, -0.15) is 0 Å². The molecule has 0 radical (unpaired) electrons. The topological polar surface area (TPSA) is 50.3 Å². The van der Waals surface area contributed by atoms with Gasteiger partial charge in [0, 0.05) is 17.2 Å². The van der Waals surface area contributed by atoms with Crippen molar-refractivity contribution in [1.82, 2.24) is 4.98 Å². The number of rotatable bonds is 1. The van der Waals surface area contributed by atoms with Gasteiger partial charge in [0.2, 0.25) is 10.0 Å². The van der Waals surface area contributed by atoms with Crippen LogP contribution in [0.25, 0.3) is 0 Å². The van der Waals surface area contributed by atoms with Gasteiger partial charge in [0.05, 0.1) is 17.1 Å². The van der Waals surface area contributed by atoms with Gasteiger partial charge in [0.1, 0.15) is 0 Å². The minimum absolute atomic E-state index is 0.235. The Hall–Kier alpha value is -0.620. The zero-order valence-corrected chi connectivity index (χ0v) is 10.7. The van der Waals surface area contributed by atoms with Gasteiger partial charge in [-0.25, -0.2) is 8.42 Å². The molecule has 1 saturated heterocycles. The maximum atomic E-state index is 11.7. The summed E-state index contributed by atoms with van der Waals surface area (Å²) < 4.78 is 25.7. The average Bonchev–Trinajstić information content (AvgIpc) is 2.50. The van der Waals surface area contributed by atoms with Gasteiger partial charge < -0.3 is 0 Å². The molecule has 0 aliphatic carbocycles. The standard InChI is InChI=1S/C9H11BrN2O2S/c1-7-9(5-8(10)6-11-7)12-3-2-4-15(12,13)14/h5-6H,2-4H2,1H3. The van der Waals surface area contributed by atoms with Gasteiger partial charge in [0.15, 0.2) is 0 Å². The summed E-state index contributed by atoms with van der Waals surface area (Å²) in [6.45, 7) is 2.37. The molecule has 0 bridgehead atoms. The number of halogens is 1. The fourth-order valence-corrected chi connectivity index (χ4v) is 3.58. The molecule has 0 amide bonds. The van der Waals surface area contributed by atoms with Gasteiger partial charge in [-0.3, -0.25) is 9.29 Å². The lowest BCUT2D eigenvalue weighted by Crippen LogP contribution is -2.26. The minimum atomic E-state index is -3.11. The summed E-state index contributed by atoms with van der Waals surface area (Å²) in [4.78, 5) is 4.14. The Morgan fingerprint density at radius 3 is 2.87 bits per heavy atom. The highest BCUT2D eigenvalue weighted by Gasteiger charge is 2.29. The van der Waals surface area contributed by atoms with Crippen LogP contribution in [0, 0.1) is 6.92 Å². The normalized spacial score (nSPS) is 19.5. The molecule has 1 aliphatic heterocycles. The van der Waals surface area contributed by atoms with E-state index in [1.54, 1.807) is 12.3 Å². The number of hydrogen-bond donors (Lipinski definition) is 0. The lowest BCUT2D eigenvalue weighted by atomic mass is 10.3. The third-order valence-corrected chi connectivity index (χ3v) is 4.68. The smallest absolute Gasteiger partial charge is 0.235 e. The summed E-state index contributed by atoms with van der Waals surface area (Å²) >= 11 is 3.30. The third kappa shape index (κ3) is 2.01. The summed E-state index contributed by atoms with van der Waals surface area (Å²) in [5.74, 6) is 0.235. The van der Waals surface area contributed by atoms with E-state index >= 15 is 0 Å². The molecule has 1 aromatic heterocycles. The first kappa shape index (κ1) is 10.9. The van der Waals surface area contributed by atoms with E-state index in [1.165, 1.54) is 4.31 Å². The molecular weight excluding hydrogens is 280 g/mol. The first-order valence-electron chi connectivity index (χ1n) is 4.63. The van der Waals surface area contributed by atoms with Gasteiger partial charge in [0.25, 0.3) is 0 Å². The van der Waals surface area contributed by atoms with Crippen molar-refractivity contribution in [2.45, 2.75) is 13.3 Å². The maximum absolute atomic E-state index is 11.7. The van der Waals surface area contributed by atoms with Crippen LogP contribution < -0.4 is 4.31 Å². The third-order valence-electron chi connectivity index (χ3n) is 2.39. The van der Waals surface area contributed by atoms with Crippen molar-refractivity contribution in [3.8, 4) is 0 Å². The van der Waals surface area contributed by atoms with Crippen LogP contribution in [-0.4, -0.2) is 25.7 Å². The van der Waals surface area contributed by atoms with Crippen molar-refractivity contribution in [2.24, 2.45) is 0 Å². The van der Waals surface area contributed by atoms with Gasteiger partial charge in [-0.05, 0) is 35.3 Å². The van der Waals surface area contributed by atoms with Crippen LogP contribution in [0.3, 0.4) is 0 Å². The lowest BCUT2D eigenvalue weighted by molar-refractivity contribution is 0.599. The van der Waals surface area contributed by atoms with Crippen molar-refractivity contribution in [2.75, 3.05) is 16.6 Å². The summed E-state index contributed by atoms with van der Waals surface area (Å²) in [7, 11) is -3.11. The Labute approximate surface area is 97.5 Å². The molecule has 2 heterocycles. The number of nitrogens with zero attached hydrogens (tertiary/aromatic N) is 2. The minimum Gasteiger partial charge on any atom is -0.268 e. The van der Waals surface area contributed by atoms with Crippen LogP contribution in [0.5, 0.6) is 0 Å². The van der Waals surface area contributed by atoms with Gasteiger partial charge in [-0.1, -0.05) is 0 Å². The zero-order chi connectivity index (χ0) is 11.1. The van der Waals surface area contributed by atoms with Gasteiger partial charge in [-0.15, -0.1) is 0 Å². The number of aromatic nitrogens is 1. The molecule has 0 atom stereocenters. The van der Waals surface area contributed by atoms with E-state index in [1.807, 2.05) is 6.92 Å². The molecule has 1 fully saturated rings. The first-order valence-corrected chi connectivity index (χ1v) is 7.03. The Bertz CT molecular complexity index is 487. The molecule has 4 nitrogen and oxygen atoms in total. The quantitative estimate of drug-likeness (QED) is 0.791. The van der Waals surface area contributed by atoms with Crippen LogP contribution in [0.1, 0.15) is 12.1 Å². The molecular formula is C9H11BrN2O2S. The van der Waals surface area contributed by atoms with E-state index in [2.05, 4.69) is 20.9 Å². The predicted molar refractivity (Wildman–Crippen MR) is 62.4 cm³/mol. The molecule has 15 heavy (non-hydrogen) atoms. The number of sulfonamides is 1. The van der Waals surface area contributed by atoms with Crippen molar-refractivity contribution in [3.05, 3.63) is 22.4 Å². The van der Waals surface area contributed by atoms with E-state index in [9.17, 15) is 8.42 Å². The maximum Gasteiger partial charge on any atom is 0.235 e. The van der Waals surface area contributed by atoms with E-state index in [-0.39, 0.29) is 5.75 Å². The predicted octanol–water partition coefficient (Wildman–Crippen LogP) is 1.69. The molecule has 0 N–H and O–H groups in total.